The number of phenolic OH excluding ortho intramolecular Hbond substituents is 1. The van der Waals surface area contributed by atoms with Crippen LogP contribution in [0.4, 0.5) is 5.69 Å². The summed E-state index contributed by atoms with van der Waals surface area (Å²) in [5.74, 6) is -0.826. The second kappa shape index (κ2) is 3.95. The highest BCUT2D eigenvalue weighted by molar-refractivity contribution is 5.94. The van der Waals surface area contributed by atoms with E-state index < -0.39 is 16.4 Å². The molecule has 1 amide bonds. The summed E-state index contributed by atoms with van der Waals surface area (Å²) in [4.78, 5) is 22.4. The van der Waals surface area contributed by atoms with Gasteiger partial charge < -0.3 is 10.0 Å². The fraction of sp³-hybridized carbons (Fsp3) is 0.222. The predicted octanol–water partition coefficient (Wildman–Crippen LogP) is 1.00. The zero-order chi connectivity index (χ0) is 11.6. The molecule has 1 rings (SSSR count). The molecule has 0 heterocycles. The van der Waals surface area contributed by atoms with Crippen LogP contribution in [0.25, 0.3) is 0 Å². The smallest absolute Gasteiger partial charge is 0.310 e. The molecule has 6 heteroatoms. The molecule has 0 atom stereocenters. The van der Waals surface area contributed by atoms with Crippen molar-refractivity contribution in [3.05, 3.63) is 33.9 Å². The Hall–Kier alpha value is -2.11. The van der Waals surface area contributed by atoms with Gasteiger partial charge in [-0.2, -0.15) is 0 Å². The Bertz CT molecular complexity index is 415. The molecule has 1 N–H and O–H groups in total. The van der Waals surface area contributed by atoms with Crippen LogP contribution in [0.1, 0.15) is 10.4 Å². The van der Waals surface area contributed by atoms with E-state index >= 15 is 0 Å². The van der Waals surface area contributed by atoms with Crippen LogP contribution in [-0.2, 0) is 0 Å². The number of rotatable bonds is 2. The molecule has 15 heavy (non-hydrogen) atoms. The van der Waals surface area contributed by atoms with Gasteiger partial charge in [-0.3, -0.25) is 14.9 Å². The van der Waals surface area contributed by atoms with Crippen LogP contribution in [0.15, 0.2) is 18.2 Å². The Balaban J connectivity index is 3.12. The van der Waals surface area contributed by atoms with Crippen molar-refractivity contribution in [2.45, 2.75) is 0 Å². The molecule has 0 saturated heterocycles. The highest BCUT2D eigenvalue weighted by Gasteiger charge is 2.16. The third-order valence-corrected chi connectivity index (χ3v) is 1.83. The van der Waals surface area contributed by atoms with Gasteiger partial charge in [-0.25, -0.2) is 0 Å². The SMILES string of the molecule is CN(C)C(=O)c1ccc([N+](=O)[O-])c(O)c1. The standard InChI is InChI=1S/C9H10N2O4/c1-10(2)9(13)6-3-4-7(11(14)15)8(12)5-6/h3-5,12H,1-2H3. The van der Waals surface area contributed by atoms with Crippen molar-refractivity contribution >= 4 is 11.6 Å². The molecule has 0 aromatic heterocycles. The van der Waals surface area contributed by atoms with Crippen LogP contribution in [-0.4, -0.2) is 34.9 Å². The van der Waals surface area contributed by atoms with E-state index in [4.69, 9.17) is 0 Å². The molecule has 0 fully saturated rings. The molecule has 0 saturated carbocycles. The number of hydrogen-bond donors (Lipinski definition) is 1. The zero-order valence-corrected chi connectivity index (χ0v) is 8.30. The summed E-state index contributed by atoms with van der Waals surface area (Å²) in [7, 11) is 3.11. The van der Waals surface area contributed by atoms with Crippen LogP contribution in [0.5, 0.6) is 5.75 Å². The molecule has 0 spiro atoms. The highest BCUT2D eigenvalue weighted by atomic mass is 16.6. The number of hydrogen-bond acceptors (Lipinski definition) is 4. The number of amides is 1. The lowest BCUT2D eigenvalue weighted by Crippen LogP contribution is -2.21. The third kappa shape index (κ3) is 2.22. The molecule has 0 radical (unpaired) electrons. The minimum absolute atomic E-state index is 0.211. The van der Waals surface area contributed by atoms with Gasteiger partial charge in [0.05, 0.1) is 4.92 Å². The molecule has 0 aliphatic heterocycles. The number of nitrogens with zero attached hydrogens (tertiary/aromatic N) is 2. The van der Waals surface area contributed by atoms with Crippen LogP contribution < -0.4 is 0 Å². The van der Waals surface area contributed by atoms with Crippen LogP contribution in [0.3, 0.4) is 0 Å². The second-order valence-electron chi connectivity index (χ2n) is 3.16. The first kappa shape index (κ1) is 11.0. The Morgan fingerprint density at radius 2 is 2.07 bits per heavy atom. The minimum Gasteiger partial charge on any atom is -0.502 e. The number of phenols is 1. The van der Waals surface area contributed by atoms with Gasteiger partial charge in [0.1, 0.15) is 0 Å². The first-order valence-corrected chi connectivity index (χ1v) is 4.12. The number of carbonyl (C=O) groups excluding carboxylic acids is 1. The topological polar surface area (TPSA) is 83.7 Å². The number of carbonyl (C=O) groups is 1. The van der Waals surface area contributed by atoms with E-state index in [2.05, 4.69) is 0 Å². The van der Waals surface area contributed by atoms with Crippen molar-refractivity contribution < 1.29 is 14.8 Å². The summed E-state index contributed by atoms with van der Waals surface area (Å²) in [6, 6.07) is 3.49. The predicted molar refractivity (Wildman–Crippen MR) is 52.8 cm³/mol. The lowest BCUT2D eigenvalue weighted by molar-refractivity contribution is -0.385. The Morgan fingerprint density at radius 1 is 1.47 bits per heavy atom. The van der Waals surface area contributed by atoms with Gasteiger partial charge in [-0.1, -0.05) is 0 Å². The summed E-state index contributed by atoms with van der Waals surface area (Å²) >= 11 is 0. The molecule has 1 aromatic rings. The number of aromatic hydroxyl groups is 1. The van der Waals surface area contributed by atoms with E-state index in [0.717, 1.165) is 12.1 Å². The summed E-state index contributed by atoms with van der Waals surface area (Å²) < 4.78 is 0. The summed E-state index contributed by atoms with van der Waals surface area (Å²) in [5, 5.41) is 19.7. The van der Waals surface area contributed by atoms with Crippen molar-refractivity contribution in [3.63, 3.8) is 0 Å². The molecule has 0 aliphatic rings. The Morgan fingerprint density at radius 3 is 2.47 bits per heavy atom. The van der Waals surface area contributed by atoms with E-state index in [1.165, 1.54) is 11.0 Å². The number of nitro groups is 1. The molecule has 0 aliphatic carbocycles. The van der Waals surface area contributed by atoms with Gasteiger partial charge in [-0.15, -0.1) is 0 Å². The van der Waals surface area contributed by atoms with Crippen molar-refractivity contribution in [2.24, 2.45) is 0 Å². The lowest BCUT2D eigenvalue weighted by Gasteiger charge is -2.09. The van der Waals surface area contributed by atoms with Gasteiger partial charge in [0.15, 0.2) is 5.75 Å². The summed E-state index contributed by atoms with van der Waals surface area (Å²) in [6.07, 6.45) is 0. The van der Waals surface area contributed by atoms with Gasteiger partial charge >= 0.3 is 5.69 Å². The van der Waals surface area contributed by atoms with Gasteiger partial charge in [-0.05, 0) is 12.1 Å². The zero-order valence-electron chi connectivity index (χ0n) is 8.30. The van der Waals surface area contributed by atoms with Crippen molar-refractivity contribution in [3.8, 4) is 5.75 Å². The van der Waals surface area contributed by atoms with E-state index in [1.54, 1.807) is 14.1 Å². The largest absolute Gasteiger partial charge is 0.502 e. The van der Waals surface area contributed by atoms with E-state index in [0.29, 0.717) is 0 Å². The molecular weight excluding hydrogens is 200 g/mol. The molecule has 80 valence electrons. The molecule has 0 unspecified atom stereocenters. The van der Waals surface area contributed by atoms with Crippen LogP contribution in [0.2, 0.25) is 0 Å². The summed E-state index contributed by atoms with van der Waals surface area (Å²) in [5.41, 5.74) is -0.201. The fourth-order valence-corrected chi connectivity index (χ4v) is 1.07. The average molecular weight is 210 g/mol. The van der Waals surface area contributed by atoms with E-state index in [9.17, 15) is 20.0 Å². The Labute approximate surface area is 85.9 Å². The van der Waals surface area contributed by atoms with Crippen molar-refractivity contribution in [2.75, 3.05) is 14.1 Å². The first-order chi connectivity index (χ1) is 6.93. The molecular formula is C9H10N2O4. The first-order valence-electron chi connectivity index (χ1n) is 4.12. The summed E-state index contributed by atoms with van der Waals surface area (Å²) in [6.45, 7) is 0. The van der Waals surface area contributed by atoms with Gasteiger partial charge in [0.25, 0.3) is 5.91 Å². The fourth-order valence-electron chi connectivity index (χ4n) is 1.07. The molecule has 0 bridgehead atoms. The Kier molecular flexibility index (Phi) is 2.89. The monoisotopic (exact) mass is 210 g/mol. The number of nitro benzene ring substituents is 1. The van der Waals surface area contributed by atoms with Gasteiger partial charge in [0.2, 0.25) is 0 Å². The lowest BCUT2D eigenvalue weighted by atomic mass is 10.1. The average Bonchev–Trinajstić information content (AvgIpc) is 2.15. The third-order valence-electron chi connectivity index (χ3n) is 1.83. The second-order valence-corrected chi connectivity index (χ2v) is 3.16. The highest BCUT2D eigenvalue weighted by Crippen LogP contribution is 2.26. The maximum absolute atomic E-state index is 11.4. The maximum Gasteiger partial charge on any atom is 0.310 e. The quantitative estimate of drug-likeness (QED) is 0.583. The maximum atomic E-state index is 11.4. The van der Waals surface area contributed by atoms with Crippen molar-refractivity contribution in [1.29, 1.82) is 0 Å². The van der Waals surface area contributed by atoms with Crippen molar-refractivity contribution in [1.82, 2.24) is 4.90 Å². The van der Waals surface area contributed by atoms with Gasteiger partial charge in [0, 0.05) is 25.7 Å². The normalized spacial score (nSPS) is 9.73. The minimum atomic E-state index is -0.709. The number of benzene rings is 1. The van der Waals surface area contributed by atoms with Crippen LogP contribution >= 0.6 is 0 Å². The van der Waals surface area contributed by atoms with Crippen LogP contribution in [0, 0.1) is 10.1 Å². The molecule has 6 nitrogen and oxygen atoms in total. The van der Waals surface area contributed by atoms with E-state index in [-0.39, 0.29) is 11.5 Å². The molecule has 1 aromatic carbocycles. The van der Waals surface area contributed by atoms with E-state index in [1.807, 2.05) is 0 Å².